The van der Waals surface area contributed by atoms with Crippen LogP contribution < -0.4 is 5.73 Å². The van der Waals surface area contributed by atoms with Crippen LogP contribution >= 0.6 is 0 Å². The van der Waals surface area contributed by atoms with E-state index in [1.54, 1.807) is 0 Å². The molecule has 0 aliphatic carbocycles. The van der Waals surface area contributed by atoms with Crippen LogP contribution in [0.2, 0.25) is 0 Å². The summed E-state index contributed by atoms with van der Waals surface area (Å²) in [5.74, 6) is 0.556. The number of anilines is 1. The molecule has 4 heteroatoms. The molecule has 0 unspecified atom stereocenters. The highest BCUT2D eigenvalue weighted by Gasteiger charge is 2.19. The Hall–Kier alpha value is -1.58. The highest BCUT2D eigenvalue weighted by Crippen LogP contribution is 2.27. The number of aryl methyl sites for hydroxylation is 1. The molecule has 4 nitrogen and oxygen atoms in total. The SMILES string of the molecule is CC.Cc1cn(C(C)(C)C)c2ncnc(N)c12. The number of nitrogen functional groups attached to an aromatic ring is 1. The van der Waals surface area contributed by atoms with Crippen LogP contribution in [0.1, 0.15) is 40.2 Å². The fraction of sp³-hybridized carbons (Fsp3) is 0.538. The maximum atomic E-state index is 5.85. The van der Waals surface area contributed by atoms with Crippen molar-refractivity contribution < 1.29 is 0 Å². The molecule has 0 atom stereocenters. The highest BCUT2D eigenvalue weighted by molar-refractivity contribution is 5.89. The monoisotopic (exact) mass is 234 g/mol. The lowest BCUT2D eigenvalue weighted by atomic mass is 10.1. The van der Waals surface area contributed by atoms with Crippen LogP contribution in [-0.4, -0.2) is 14.5 Å². The molecule has 17 heavy (non-hydrogen) atoms. The van der Waals surface area contributed by atoms with Gasteiger partial charge in [0.05, 0.1) is 5.39 Å². The molecule has 0 radical (unpaired) electrons. The first-order chi connectivity index (χ1) is 7.91. The molecular formula is C13H22N4. The van der Waals surface area contributed by atoms with Gasteiger partial charge < -0.3 is 10.3 Å². The average Bonchev–Trinajstić information content (AvgIpc) is 2.60. The zero-order chi connectivity index (χ0) is 13.2. The summed E-state index contributed by atoms with van der Waals surface area (Å²) in [4.78, 5) is 8.32. The van der Waals surface area contributed by atoms with Gasteiger partial charge in [0.1, 0.15) is 17.8 Å². The summed E-state index contributed by atoms with van der Waals surface area (Å²) in [5.41, 5.74) is 7.89. The van der Waals surface area contributed by atoms with Crippen LogP contribution in [0.3, 0.4) is 0 Å². The Kier molecular flexibility index (Phi) is 3.76. The largest absolute Gasteiger partial charge is 0.383 e. The first-order valence-corrected chi connectivity index (χ1v) is 6.00. The predicted octanol–water partition coefficient (Wildman–Crippen LogP) is 3.10. The zero-order valence-electron chi connectivity index (χ0n) is 11.6. The van der Waals surface area contributed by atoms with E-state index in [1.165, 1.54) is 6.33 Å². The van der Waals surface area contributed by atoms with Crippen molar-refractivity contribution >= 4 is 16.9 Å². The van der Waals surface area contributed by atoms with Crippen molar-refractivity contribution in [2.24, 2.45) is 0 Å². The summed E-state index contributed by atoms with van der Waals surface area (Å²) in [7, 11) is 0. The second-order valence-electron chi connectivity index (χ2n) is 4.81. The topological polar surface area (TPSA) is 56.7 Å². The number of rotatable bonds is 0. The summed E-state index contributed by atoms with van der Waals surface area (Å²) in [6.07, 6.45) is 3.59. The molecule has 0 saturated heterocycles. The van der Waals surface area contributed by atoms with Crippen molar-refractivity contribution in [3.63, 3.8) is 0 Å². The normalized spacial score (nSPS) is 11.2. The van der Waals surface area contributed by atoms with E-state index in [0.717, 1.165) is 16.6 Å². The lowest BCUT2D eigenvalue weighted by Gasteiger charge is -2.21. The molecule has 2 aromatic heterocycles. The molecule has 2 N–H and O–H groups in total. The summed E-state index contributed by atoms with van der Waals surface area (Å²) >= 11 is 0. The maximum absolute atomic E-state index is 5.85. The van der Waals surface area contributed by atoms with Gasteiger partial charge in [-0.15, -0.1) is 0 Å². The molecule has 0 aliphatic heterocycles. The Morgan fingerprint density at radius 2 is 1.76 bits per heavy atom. The minimum Gasteiger partial charge on any atom is -0.383 e. The smallest absolute Gasteiger partial charge is 0.146 e. The third-order valence-corrected chi connectivity index (χ3v) is 2.52. The van der Waals surface area contributed by atoms with Crippen molar-refractivity contribution in [2.45, 2.75) is 47.1 Å². The quantitative estimate of drug-likeness (QED) is 0.762. The van der Waals surface area contributed by atoms with Crippen molar-refractivity contribution in [2.75, 3.05) is 5.73 Å². The first kappa shape index (κ1) is 13.5. The third kappa shape index (κ3) is 2.40. The van der Waals surface area contributed by atoms with Gasteiger partial charge in [-0.25, -0.2) is 9.97 Å². The van der Waals surface area contributed by atoms with Crippen LogP contribution in [0, 0.1) is 6.92 Å². The molecule has 0 aliphatic rings. The number of nitrogens with zero attached hydrogens (tertiary/aromatic N) is 3. The van der Waals surface area contributed by atoms with E-state index in [4.69, 9.17) is 5.73 Å². The van der Waals surface area contributed by atoms with Gasteiger partial charge >= 0.3 is 0 Å². The Morgan fingerprint density at radius 1 is 1.18 bits per heavy atom. The second-order valence-corrected chi connectivity index (χ2v) is 4.81. The number of hydrogen-bond acceptors (Lipinski definition) is 3. The third-order valence-electron chi connectivity index (χ3n) is 2.52. The standard InChI is InChI=1S/C11H16N4.C2H6/c1-7-5-15(11(2,3)4)10-8(7)9(12)13-6-14-10;1-2/h5-6H,1-4H3,(H2,12,13,14);1-2H3. The predicted molar refractivity (Wildman–Crippen MR) is 73.0 cm³/mol. The highest BCUT2D eigenvalue weighted by atomic mass is 15.1. The van der Waals surface area contributed by atoms with Gasteiger partial charge in [0.15, 0.2) is 0 Å². The summed E-state index contributed by atoms with van der Waals surface area (Å²) in [6, 6.07) is 0. The fourth-order valence-electron chi connectivity index (χ4n) is 1.78. The molecular weight excluding hydrogens is 212 g/mol. The number of hydrogen-bond donors (Lipinski definition) is 1. The maximum Gasteiger partial charge on any atom is 0.146 e. The molecule has 0 bridgehead atoms. The van der Waals surface area contributed by atoms with Crippen LogP contribution in [0.5, 0.6) is 0 Å². The molecule has 94 valence electrons. The van der Waals surface area contributed by atoms with E-state index in [2.05, 4.69) is 41.5 Å². The van der Waals surface area contributed by atoms with Gasteiger partial charge in [0, 0.05) is 11.7 Å². The van der Waals surface area contributed by atoms with Gasteiger partial charge in [-0.1, -0.05) is 13.8 Å². The lowest BCUT2D eigenvalue weighted by Crippen LogP contribution is -2.21. The van der Waals surface area contributed by atoms with E-state index in [-0.39, 0.29) is 5.54 Å². The van der Waals surface area contributed by atoms with Gasteiger partial charge in [-0.2, -0.15) is 0 Å². The van der Waals surface area contributed by atoms with Gasteiger partial charge in [0.2, 0.25) is 0 Å². The molecule has 0 spiro atoms. The summed E-state index contributed by atoms with van der Waals surface area (Å²) in [5, 5.41) is 0.965. The van der Waals surface area contributed by atoms with Gasteiger partial charge in [-0.3, -0.25) is 0 Å². The van der Waals surface area contributed by atoms with E-state index >= 15 is 0 Å². The molecule has 0 fully saturated rings. The minimum absolute atomic E-state index is 0.00725. The average molecular weight is 234 g/mol. The van der Waals surface area contributed by atoms with Crippen LogP contribution in [0.25, 0.3) is 11.0 Å². The summed E-state index contributed by atoms with van der Waals surface area (Å²) in [6.45, 7) is 12.5. The lowest BCUT2D eigenvalue weighted by molar-refractivity contribution is 0.408. The van der Waals surface area contributed by atoms with Gasteiger partial charge in [0.25, 0.3) is 0 Å². The number of aromatic nitrogens is 3. The number of nitrogens with two attached hydrogens (primary N) is 1. The van der Waals surface area contributed by atoms with E-state index in [1.807, 2.05) is 20.8 Å². The Labute approximate surface area is 103 Å². The molecule has 2 aromatic rings. The zero-order valence-corrected chi connectivity index (χ0v) is 11.6. The van der Waals surface area contributed by atoms with Crippen molar-refractivity contribution in [3.05, 3.63) is 18.1 Å². The van der Waals surface area contributed by atoms with Crippen LogP contribution in [-0.2, 0) is 5.54 Å². The summed E-state index contributed by atoms with van der Waals surface area (Å²) < 4.78 is 2.13. The molecule has 2 heterocycles. The first-order valence-electron chi connectivity index (χ1n) is 6.00. The fourth-order valence-corrected chi connectivity index (χ4v) is 1.78. The second kappa shape index (κ2) is 4.73. The van der Waals surface area contributed by atoms with E-state index < -0.39 is 0 Å². The van der Waals surface area contributed by atoms with Gasteiger partial charge in [-0.05, 0) is 33.3 Å². The molecule has 0 amide bonds. The van der Waals surface area contributed by atoms with Crippen LogP contribution in [0.15, 0.2) is 12.5 Å². The van der Waals surface area contributed by atoms with Crippen LogP contribution in [0.4, 0.5) is 5.82 Å². The number of fused-ring (bicyclic) bond motifs is 1. The van der Waals surface area contributed by atoms with E-state index in [9.17, 15) is 0 Å². The minimum atomic E-state index is 0.00725. The Morgan fingerprint density at radius 3 is 2.29 bits per heavy atom. The Bertz CT molecular complexity index is 506. The van der Waals surface area contributed by atoms with E-state index in [0.29, 0.717) is 5.82 Å². The van der Waals surface area contributed by atoms with Crippen molar-refractivity contribution in [1.82, 2.24) is 14.5 Å². The molecule has 2 rings (SSSR count). The molecule has 0 saturated carbocycles. The van der Waals surface area contributed by atoms with Crippen molar-refractivity contribution in [3.8, 4) is 0 Å². The van der Waals surface area contributed by atoms with Crippen molar-refractivity contribution in [1.29, 1.82) is 0 Å². The molecule has 0 aromatic carbocycles. The Balaban J connectivity index is 0.000000686.